The van der Waals surface area contributed by atoms with Crippen LogP contribution < -0.4 is 4.74 Å². The maximum Gasteiger partial charge on any atom is 0.328 e. The standard InChI is InChI=1S/C13H15BrO3/c1-8(4-12(15)16)7-17-11-5-9(2)13(14)10(3)6-11/h4-6H,7H2,1-3H3,(H,15,16)/b8-4-. The lowest BCUT2D eigenvalue weighted by Gasteiger charge is -2.10. The third-order valence-electron chi connectivity index (χ3n) is 2.25. The van der Waals surface area contributed by atoms with Crippen LogP contribution in [0.15, 0.2) is 28.3 Å². The molecule has 0 amide bonds. The van der Waals surface area contributed by atoms with Gasteiger partial charge in [-0.25, -0.2) is 4.79 Å². The van der Waals surface area contributed by atoms with Crippen molar-refractivity contribution in [1.29, 1.82) is 0 Å². The van der Waals surface area contributed by atoms with Gasteiger partial charge < -0.3 is 9.84 Å². The van der Waals surface area contributed by atoms with Gasteiger partial charge in [-0.15, -0.1) is 0 Å². The van der Waals surface area contributed by atoms with Crippen molar-refractivity contribution in [3.05, 3.63) is 39.4 Å². The van der Waals surface area contributed by atoms with Gasteiger partial charge in [0.2, 0.25) is 0 Å². The van der Waals surface area contributed by atoms with Gasteiger partial charge in [-0.2, -0.15) is 0 Å². The number of carboxylic acids is 1. The second-order valence-corrected chi connectivity index (χ2v) is 4.78. The van der Waals surface area contributed by atoms with E-state index in [-0.39, 0.29) is 6.61 Å². The minimum absolute atomic E-state index is 0.285. The van der Waals surface area contributed by atoms with Crippen molar-refractivity contribution in [2.45, 2.75) is 20.8 Å². The summed E-state index contributed by atoms with van der Waals surface area (Å²) in [5, 5.41) is 8.57. The van der Waals surface area contributed by atoms with Crippen LogP contribution in [0.25, 0.3) is 0 Å². The van der Waals surface area contributed by atoms with Crippen molar-refractivity contribution < 1.29 is 14.6 Å². The van der Waals surface area contributed by atoms with Crippen molar-refractivity contribution in [1.82, 2.24) is 0 Å². The van der Waals surface area contributed by atoms with Crippen molar-refractivity contribution in [3.63, 3.8) is 0 Å². The number of carboxylic acid groups (broad SMARTS) is 1. The molecule has 0 atom stereocenters. The average molecular weight is 299 g/mol. The number of ether oxygens (including phenoxy) is 1. The van der Waals surface area contributed by atoms with E-state index < -0.39 is 5.97 Å². The zero-order valence-corrected chi connectivity index (χ0v) is 11.7. The van der Waals surface area contributed by atoms with Gasteiger partial charge in [0.25, 0.3) is 0 Å². The van der Waals surface area contributed by atoms with E-state index in [2.05, 4.69) is 15.9 Å². The molecule has 0 heterocycles. The van der Waals surface area contributed by atoms with Gasteiger partial charge in [0.15, 0.2) is 0 Å². The quantitative estimate of drug-likeness (QED) is 0.866. The first kappa shape index (κ1) is 13.8. The molecular formula is C13H15BrO3. The first-order chi connectivity index (χ1) is 7.90. The predicted octanol–water partition coefficient (Wildman–Crippen LogP) is 3.48. The van der Waals surface area contributed by atoms with Gasteiger partial charge in [-0.1, -0.05) is 15.9 Å². The highest BCUT2D eigenvalue weighted by atomic mass is 79.9. The number of benzene rings is 1. The first-order valence-electron chi connectivity index (χ1n) is 5.20. The zero-order chi connectivity index (χ0) is 13.0. The monoisotopic (exact) mass is 298 g/mol. The van der Waals surface area contributed by atoms with E-state index in [0.717, 1.165) is 27.4 Å². The number of hydrogen-bond acceptors (Lipinski definition) is 2. The molecule has 0 aliphatic rings. The normalized spacial score (nSPS) is 11.4. The molecule has 0 unspecified atom stereocenters. The van der Waals surface area contributed by atoms with Crippen LogP contribution >= 0.6 is 15.9 Å². The Morgan fingerprint density at radius 2 is 1.94 bits per heavy atom. The van der Waals surface area contributed by atoms with Crippen LogP contribution in [-0.2, 0) is 4.79 Å². The van der Waals surface area contributed by atoms with Crippen molar-refractivity contribution in [3.8, 4) is 5.75 Å². The Hall–Kier alpha value is -1.29. The SMILES string of the molecule is C/C(=C/C(=O)O)COc1cc(C)c(Br)c(C)c1. The fraction of sp³-hybridized carbons (Fsp3) is 0.308. The lowest BCUT2D eigenvalue weighted by molar-refractivity contribution is -0.131. The summed E-state index contributed by atoms with van der Waals surface area (Å²) in [5.74, 6) is -0.199. The van der Waals surface area contributed by atoms with Crippen LogP contribution in [0.1, 0.15) is 18.1 Å². The Bertz CT molecular complexity index is 441. The van der Waals surface area contributed by atoms with Crippen molar-refractivity contribution in [2.24, 2.45) is 0 Å². The molecule has 1 N–H and O–H groups in total. The molecule has 0 saturated heterocycles. The summed E-state index contributed by atoms with van der Waals surface area (Å²) < 4.78 is 6.60. The maximum absolute atomic E-state index is 10.4. The lowest BCUT2D eigenvalue weighted by Crippen LogP contribution is -2.02. The molecule has 4 heteroatoms. The predicted molar refractivity (Wildman–Crippen MR) is 70.5 cm³/mol. The van der Waals surface area contributed by atoms with E-state index in [0.29, 0.717) is 5.57 Å². The van der Waals surface area contributed by atoms with Crippen molar-refractivity contribution in [2.75, 3.05) is 6.61 Å². The van der Waals surface area contributed by atoms with E-state index in [1.165, 1.54) is 0 Å². The smallest absolute Gasteiger partial charge is 0.328 e. The summed E-state index contributed by atoms with van der Waals surface area (Å²) in [7, 11) is 0. The van der Waals surface area contributed by atoms with Gasteiger partial charge in [-0.3, -0.25) is 0 Å². The number of halogens is 1. The summed E-state index contributed by atoms with van der Waals surface area (Å²) in [6, 6.07) is 3.84. The van der Waals surface area contributed by atoms with E-state index >= 15 is 0 Å². The topological polar surface area (TPSA) is 46.5 Å². The highest BCUT2D eigenvalue weighted by molar-refractivity contribution is 9.10. The third-order valence-corrected chi connectivity index (χ3v) is 3.50. The molecule has 0 radical (unpaired) electrons. The molecule has 0 spiro atoms. The Morgan fingerprint density at radius 3 is 2.41 bits per heavy atom. The second kappa shape index (κ2) is 5.87. The molecule has 3 nitrogen and oxygen atoms in total. The van der Waals surface area contributed by atoms with E-state index in [1.54, 1.807) is 6.92 Å². The molecule has 0 fully saturated rings. The number of aryl methyl sites for hydroxylation is 2. The number of carbonyl (C=O) groups is 1. The molecule has 0 aliphatic heterocycles. The number of hydrogen-bond donors (Lipinski definition) is 1. The first-order valence-corrected chi connectivity index (χ1v) is 5.99. The van der Waals surface area contributed by atoms with Gasteiger partial charge >= 0.3 is 5.97 Å². The molecule has 0 bridgehead atoms. The van der Waals surface area contributed by atoms with E-state index in [9.17, 15) is 4.79 Å². The van der Waals surface area contributed by atoms with E-state index in [4.69, 9.17) is 9.84 Å². The fourth-order valence-electron chi connectivity index (χ4n) is 1.44. The fourth-order valence-corrected chi connectivity index (χ4v) is 1.67. The largest absolute Gasteiger partial charge is 0.489 e. The van der Waals surface area contributed by atoms with Crippen LogP contribution in [0.4, 0.5) is 0 Å². The molecule has 92 valence electrons. The third kappa shape index (κ3) is 4.23. The molecule has 1 rings (SSSR count). The van der Waals surface area contributed by atoms with Crippen LogP contribution in [0, 0.1) is 13.8 Å². The Morgan fingerprint density at radius 1 is 1.41 bits per heavy atom. The Balaban J connectivity index is 2.74. The van der Waals surface area contributed by atoms with Crippen LogP contribution in [0.3, 0.4) is 0 Å². The van der Waals surface area contributed by atoms with Gasteiger partial charge in [0.05, 0.1) is 0 Å². The minimum atomic E-state index is -0.950. The number of rotatable bonds is 4. The zero-order valence-electron chi connectivity index (χ0n) is 10.1. The van der Waals surface area contributed by atoms with Gasteiger partial charge in [-0.05, 0) is 49.6 Å². The van der Waals surface area contributed by atoms with Crippen LogP contribution in [0.5, 0.6) is 5.75 Å². The highest BCUT2D eigenvalue weighted by Gasteiger charge is 2.03. The molecular weight excluding hydrogens is 284 g/mol. The van der Waals surface area contributed by atoms with Gasteiger partial charge in [0, 0.05) is 10.5 Å². The summed E-state index contributed by atoms with van der Waals surface area (Å²) in [4.78, 5) is 10.4. The molecule has 1 aromatic carbocycles. The minimum Gasteiger partial charge on any atom is -0.489 e. The second-order valence-electron chi connectivity index (χ2n) is 3.99. The van der Waals surface area contributed by atoms with Gasteiger partial charge in [0.1, 0.15) is 12.4 Å². The molecule has 17 heavy (non-hydrogen) atoms. The highest BCUT2D eigenvalue weighted by Crippen LogP contribution is 2.26. The van der Waals surface area contributed by atoms with E-state index in [1.807, 2.05) is 26.0 Å². The summed E-state index contributed by atoms with van der Waals surface area (Å²) >= 11 is 3.48. The molecule has 0 saturated carbocycles. The molecule has 0 aromatic heterocycles. The maximum atomic E-state index is 10.4. The average Bonchev–Trinajstić information content (AvgIpc) is 2.22. The lowest BCUT2D eigenvalue weighted by atomic mass is 10.1. The Kier molecular flexibility index (Phi) is 4.75. The van der Waals surface area contributed by atoms with Crippen molar-refractivity contribution >= 4 is 21.9 Å². The summed E-state index contributed by atoms with van der Waals surface area (Å²) in [5.41, 5.74) is 2.87. The van der Waals surface area contributed by atoms with Crippen LogP contribution in [0.2, 0.25) is 0 Å². The Labute approximate surface area is 109 Å². The summed E-state index contributed by atoms with van der Waals surface area (Å²) in [6.45, 7) is 5.99. The molecule has 0 aliphatic carbocycles. The van der Waals surface area contributed by atoms with Crippen LogP contribution in [-0.4, -0.2) is 17.7 Å². The number of aliphatic carboxylic acids is 1. The molecule has 1 aromatic rings. The summed E-state index contributed by atoms with van der Waals surface area (Å²) in [6.07, 6.45) is 1.15.